The number of aryl methyl sites for hydroxylation is 1. The number of nitrogens with one attached hydrogen (secondary N) is 1. The van der Waals surface area contributed by atoms with Gasteiger partial charge in [-0.05, 0) is 40.2 Å². The number of esters is 1. The van der Waals surface area contributed by atoms with Gasteiger partial charge in [0, 0.05) is 25.2 Å². The van der Waals surface area contributed by atoms with E-state index < -0.39 is 35.4 Å². The number of benzene rings is 1. The fraction of sp³-hybridized carbons (Fsp3) is 0.571. The van der Waals surface area contributed by atoms with Crippen molar-refractivity contribution in [2.45, 2.75) is 58.7 Å². The van der Waals surface area contributed by atoms with Gasteiger partial charge in [0.05, 0.1) is 19.6 Å². The summed E-state index contributed by atoms with van der Waals surface area (Å²) >= 11 is 0. The molecule has 2 amide bonds. The summed E-state index contributed by atoms with van der Waals surface area (Å²) in [5.74, 6) is -1.55. The second-order valence-corrected chi connectivity index (χ2v) is 8.02. The molecule has 30 heavy (non-hydrogen) atoms. The monoisotopic (exact) mass is 425 g/mol. The summed E-state index contributed by atoms with van der Waals surface area (Å²) in [6.45, 7) is 7.54. The smallest absolute Gasteiger partial charge is 0.407 e. The Morgan fingerprint density at radius 3 is 2.53 bits per heavy atom. The quantitative estimate of drug-likeness (QED) is 0.464. The van der Waals surface area contributed by atoms with E-state index in [-0.39, 0.29) is 26.1 Å². The topological polar surface area (TPSA) is 111 Å². The van der Waals surface area contributed by atoms with Crippen molar-refractivity contribution in [2.75, 3.05) is 20.2 Å². The Hall–Kier alpha value is -2.68. The number of nitrogens with zero attached hydrogens (tertiary/aromatic N) is 1. The standard InChI is InChI=1S/C21H32FN3O5/c1-14-7-8-16(22)15(11-14)13-25(19(27)17(23)12-18(26)29-5)10-6-9-24-20(28)30-21(2,3)4/h7-8,11,17H,6,9-10,12-13,23H2,1-5H3,(H,24,28). The number of hydrogen-bond acceptors (Lipinski definition) is 6. The molecule has 1 aromatic carbocycles. The van der Waals surface area contributed by atoms with Gasteiger partial charge in [0.2, 0.25) is 5.91 Å². The number of carbonyl (C=O) groups excluding carboxylic acids is 3. The van der Waals surface area contributed by atoms with E-state index >= 15 is 0 Å². The van der Waals surface area contributed by atoms with Crippen molar-refractivity contribution < 1.29 is 28.2 Å². The molecule has 0 aromatic heterocycles. The number of ether oxygens (including phenoxy) is 2. The summed E-state index contributed by atoms with van der Waals surface area (Å²) in [5, 5.41) is 2.61. The number of hydrogen-bond donors (Lipinski definition) is 2. The number of carbonyl (C=O) groups is 3. The van der Waals surface area contributed by atoms with Crippen LogP contribution in [0.3, 0.4) is 0 Å². The molecule has 1 atom stereocenters. The van der Waals surface area contributed by atoms with Crippen LogP contribution in [0.15, 0.2) is 18.2 Å². The van der Waals surface area contributed by atoms with Crippen LogP contribution >= 0.6 is 0 Å². The Bertz CT molecular complexity index is 749. The third-order valence-corrected chi connectivity index (χ3v) is 4.08. The molecule has 0 saturated carbocycles. The second kappa shape index (κ2) is 11.5. The normalized spacial score (nSPS) is 12.1. The van der Waals surface area contributed by atoms with Crippen molar-refractivity contribution in [3.8, 4) is 0 Å². The molecule has 0 radical (unpaired) electrons. The van der Waals surface area contributed by atoms with Crippen LogP contribution in [-0.4, -0.2) is 54.7 Å². The van der Waals surface area contributed by atoms with Crippen LogP contribution in [-0.2, 0) is 25.6 Å². The number of rotatable bonds is 9. The molecule has 168 valence electrons. The second-order valence-electron chi connectivity index (χ2n) is 8.02. The molecule has 8 nitrogen and oxygen atoms in total. The van der Waals surface area contributed by atoms with Gasteiger partial charge in [-0.2, -0.15) is 0 Å². The Balaban J connectivity index is 2.79. The Labute approximate surface area is 176 Å². The Kier molecular flexibility index (Phi) is 9.71. The highest BCUT2D eigenvalue weighted by Gasteiger charge is 2.25. The minimum absolute atomic E-state index is 0.00629. The molecule has 0 heterocycles. The first-order valence-corrected chi connectivity index (χ1v) is 9.76. The van der Waals surface area contributed by atoms with Crippen LogP contribution in [0.5, 0.6) is 0 Å². The minimum Gasteiger partial charge on any atom is -0.469 e. The third-order valence-electron chi connectivity index (χ3n) is 4.08. The number of amides is 2. The lowest BCUT2D eigenvalue weighted by Crippen LogP contribution is -2.45. The fourth-order valence-corrected chi connectivity index (χ4v) is 2.66. The molecule has 0 bridgehead atoms. The Morgan fingerprint density at radius 2 is 1.93 bits per heavy atom. The molecular weight excluding hydrogens is 393 g/mol. The average Bonchev–Trinajstić information content (AvgIpc) is 2.64. The number of nitrogens with two attached hydrogens (primary N) is 1. The fourth-order valence-electron chi connectivity index (χ4n) is 2.66. The summed E-state index contributed by atoms with van der Waals surface area (Å²) in [6.07, 6.45) is -0.450. The largest absolute Gasteiger partial charge is 0.469 e. The average molecular weight is 426 g/mol. The minimum atomic E-state index is -1.11. The molecule has 1 rings (SSSR count). The van der Waals surface area contributed by atoms with Crippen LogP contribution in [0, 0.1) is 12.7 Å². The third kappa shape index (κ3) is 9.21. The summed E-state index contributed by atoms with van der Waals surface area (Å²) in [7, 11) is 1.21. The van der Waals surface area contributed by atoms with Gasteiger partial charge < -0.3 is 25.4 Å². The van der Waals surface area contributed by atoms with Crippen LogP contribution in [0.2, 0.25) is 0 Å². The Morgan fingerprint density at radius 1 is 1.27 bits per heavy atom. The van der Waals surface area contributed by atoms with E-state index in [1.807, 2.05) is 6.92 Å². The van der Waals surface area contributed by atoms with Crippen molar-refractivity contribution in [1.29, 1.82) is 0 Å². The van der Waals surface area contributed by atoms with E-state index in [9.17, 15) is 18.8 Å². The lowest BCUT2D eigenvalue weighted by molar-refractivity contribution is -0.144. The van der Waals surface area contributed by atoms with Crippen LogP contribution in [0.1, 0.15) is 44.7 Å². The van der Waals surface area contributed by atoms with Gasteiger partial charge in [-0.25, -0.2) is 9.18 Å². The van der Waals surface area contributed by atoms with Crippen molar-refractivity contribution >= 4 is 18.0 Å². The number of alkyl carbamates (subject to hydrolysis) is 1. The zero-order chi connectivity index (χ0) is 22.9. The molecule has 0 saturated heterocycles. The van der Waals surface area contributed by atoms with Crippen LogP contribution in [0.25, 0.3) is 0 Å². The van der Waals surface area contributed by atoms with Gasteiger partial charge in [-0.1, -0.05) is 17.7 Å². The molecule has 0 aliphatic rings. The molecule has 0 aliphatic carbocycles. The number of halogens is 1. The predicted molar refractivity (Wildman–Crippen MR) is 110 cm³/mol. The van der Waals surface area contributed by atoms with Crippen molar-refractivity contribution in [1.82, 2.24) is 10.2 Å². The molecule has 0 spiro atoms. The first kappa shape index (κ1) is 25.4. The zero-order valence-electron chi connectivity index (χ0n) is 18.3. The molecule has 1 aromatic rings. The van der Waals surface area contributed by atoms with Crippen LogP contribution < -0.4 is 11.1 Å². The number of methoxy groups -OCH3 is 1. The maximum atomic E-state index is 14.2. The summed E-state index contributed by atoms with van der Waals surface area (Å²) in [4.78, 5) is 37.3. The molecule has 3 N–H and O–H groups in total. The lowest BCUT2D eigenvalue weighted by atomic mass is 10.1. The first-order chi connectivity index (χ1) is 13.9. The van der Waals surface area contributed by atoms with Gasteiger partial charge in [0.25, 0.3) is 0 Å². The van der Waals surface area contributed by atoms with Crippen molar-refractivity contribution in [3.05, 3.63) is 35.1 Å². The first-order valence-electron chi connectivity index (χ1n) is 9.76. The van der Waals surface area contributed by atoms with Gasteiger partial charge in [0.1, 0.15) is 11.4 Å². The summed E-state index contributed by atoms with van der Waals surface area (Å²) < 4.78 is 23.9. The zero-order valence-corrected chi connectivity index (χ0v) is 18.3. The molecule has 0 aliphatic heterocycles. The van der Waals surface area contributed by atoms with Gasteiger partial charge in [-0.3, -0.25) is 9.59 Å². The maximum absolute atomic E-state index is 14.2. The van der Waals surface area contributed by atoms with Crippen LogP contribution in [0.4, 0.5) is 9.18 Å². The summed E-state index contributed by atoms with van der Waals surface area (Å²) in [5.41, 5.74) is 6.44. The summed E-state index contributed by atoms with van der Waals surface area (Å²) in [6, 6.07) is 3.52. The van der Waals surface area contributed by atoms with Gasteiger partial charge >= 0.3 is 12.1 Å². The van der Waals surface area contributed by atoms with Crippen molar-refractivity contribution in [3.63, 3.8) is 0 Å². The van der Waals surface area contributed by atoms with E-state index in [2.05, 4.69) is 10.1 Å². The van der Waals surface area contributed by atoms with E-state index in [0.717, 1.165) is 5.56 Å². The molecule has 1 unspecified atom stereocenters. The van der Waals surface area contributed by atoms with E-state index in [1.54, 1.807) is 32.9 Å². The van der Waals surface area contributed by atoms with Gasteiger partial charge in [0.15, 0.2) is 0 Å². The lowest BCUT2D eigenvalue weighted by Gasteiger charge is -2.26. The molecule has 0 fully saturated rings. The molecular formula is C21H32FN3O5. The SMILES string of the molecule is COC(=O)CC(N)C(=O)N(CCCNC(=O)OC(C)(C)C)Cc1cc(C)ccc1F. The molecule has 9 heteroatoms. The maximum Gasteiger partial charge on any atom is 0.407 e. The van der Waals surface area contributed by atoms with Crippen molar-refractivity contribution in [2.24, 2.45) is 5.73 Å². The van der Waals surface area contributed by atoms with Gasteiger partial charge in [-0.15, -0.1) is 0 Å². The van der Waals surface area contributed by atoms with E-state index in [4.69, 9.17) is 10.5 Å². The highest BCUT2D eigenvalue weighted by atomic mass is 19.1. The van der Waals surface area contributed by atoms with E-state index in [0.29, 0.717) is 12.0 Å². The highest BCUT2D eigenvalue weighted by Crippen LogP contribution is 2.14. The predicted octanol–water partition coefficient (Wildman–Crippen LogP) is 2.27. The van der Waals surface area contributed by atoms with E-state index in [1.165, 1.54) is 18.1 Å². The highest BCUT2D eigenvalue weighted by molar-refractivity contribution is 5.86.